The Hall–Kier alpha value is -1.51. The third-order valence-electron chi connectivity index (χ3n) is 5.44. The van der Waals surface area contributed by atoms with Gasteiger partial charge in [-0.05, 0) is 18.6 Å². The number of carbonyl (C=O) groups is 1. The van der Waals surface area contributed by atoms with E-state index in [1.807, 2.05) is 37.4 Å². The molecule has 0 heterocycles. The van der Waals surface area contributed by atoms with Gasteiger partial charge in [-0.3, -0.25) is 15.2 Å². The molecule has 0 atom stereocenters. The summed E-state index contributed by atoms with van der Waals surface area (Å²) in [6.45, 7) is 2.28. The summed E-state index contributed by atoms with van der Waals surface area (Å²) in [4.78, 5) is 12.0. The molecule has 28 heavy (non-hydrogen) atoms. The number of anilines is 1. The molecule has 0 radical (unpaired) electrons. The van der Waals surface area contributed by atoms with Crippen molar-refractivity contribution in [3.8, 4) is 0 Å². The van der Waals surface area contributed by atoms with Gasteiger partial charge in [0.2, 0.25) is 5.91 Å². The molecule has 0 spiro atoms. The van der Waals surface area contributed by atoms with Crippen LogP contribution in [0.3, 0.4) is 0 Å². The van der Waals surface area contributed by atoms with Gasteiger partial charge in [0, 0.05) is 13.5 Å². The molecule has 3 nitrogen and oxygen atoms in total. The van der Waals surface area contributed by atoms with Gasteiger partial charge in [0.05, 0.1) is 5.69 Å². The fourth-order valence-electron chi connectivity index (χ4n) is 3.62. The smallest absolute Gasteiger partial charge is 0.238 e. The molecular formula is C25H44N2O. The molecule has 1 aromatic rings. The number of hydrogen-bond donors (Lipinski definition) is 1. The van der Waals surface area contributed by atoms with E-state index in [0.717, 1.165) is 12.1 Å². The second-order valence-corrected chi connectivity index (χ2v) is 8.13. The van der Waals surface area contributed by atoms with E-state index in [9.17, 15) is 4.79 Å². The molecule has 1 N–H and O–H groups in total. The van der Waals surface area contributed by atoms with Crippen LogP contribution in [-0.2, 0) is 4.79 Å². The Labute approximate surface area is 174 Å². The van der Waals surface area contributed by atoms with Crippen LogP contribution in [0.2, 0.25) is 0 Å². The van der Waals surface area contributed by atoms with Crippen LogP contribution < -0.4 is 10.4 Å². The summed E-state index contributed by atoms with van der Waals surface area (Å²) in [6.07, 6.45) is 20.9. The van der Waals surface area contributed by atoms with E-state index in [2.05, 4.69) is 12.3 Å². The number of para-hydroxylation sites is 1. The van der Waals surface area contributed by atoms with Crippen LogP contribution in [0.1, 0.15) is 110 Å². The number of hydrazine groups is 1. The summed E-state index contributed by atoms with van der Waals surface area (Å²) in [5.74, 6) is 0.112. The van der Waals surface area contributed by atoms with Crippen LogP contribution >= 0.6 is 0 Å². The number of nitrogens with zero attached hydrogens (tertiary/aromatic N) is 1. The maximum atomic E-state index is 12.0. The number of amides is 1. The quantitative estimate of drug-likeness (QED) is 0.210. The number of benzene rings is 1. The lowest BCUT2D eigenvalue weighted by Crippen LogP contribution is -2.39. The molecule has 1 amide bonds. The first-order chi connectivity index (χ1) is 13.7. The second kappa shape index (κ2) is 17.6. The summed E-state index contributed by atoms with van der Waals surface area (Å²) in [6, 6.07) is 9.93. The maximum Gasteiger partial charge on any atom is 0.238 e. The molecule has 3 heteroatoms. The molecule has 0 bridgehead atoms. The third-order valence-corrected chi connectivity index (χ3v) is 5.44. The van der Waals surface area contributed by atoms with Gasteiger partial charge in [0.15, 0.2) is 0 Å². The molecule has 0 aliphatic carbocycles. The van der Waals surface area contributed by atoms with Crippen molar-refractivity contribution < 1.29 is 4.79 Å². The molecule has 1 aromatic carbocycles. The summed E-state index contributed by atoms with van der Waals surface area (Å²) in [7, 11) is 1.89. The zero-order valence-corrected chi connectivity index (χ0v) is 18.6. The normalized spacial score (nSPS) is 10.8. The van der Waals surface area contributed by atoms with E-state index >= 15 is 0 Å². The van der Waals surface area contributed by atoms with Crippen LogP contribution in [0.25, 0.3) is 0 Å². The van der Waals surface area contributed by atoms with Crippen molar-refractivity contribution in [2.24, 2.45) is 0 Å². The van der Waals surface area contributed by atoms with E-state index in [4.69, 9.17) is 0 Å². The molecule has 0 saturated heterocycles. The second-order valence-electron chi connectivity index (χ2n) is 8.13. The Morgan fingerprint density at radius 2 is 1.14 bits per heavy atom. The number of unbranched alkanes of at least 4 members (excludes halogenated alkanes) is 14. The van der Waals surface area contributed by atoms with E-state index in [0.29, 0.717) is 6.42 Å². The topological polar surface area (TPSA) is 32.3 Å². The minimum absolute atomic E-state index is 0.112. The van der Waals surface area contributed by atoms with Crippen LogP contribution in [0, 0.1) is 0 Å². The van der Waals surface area contributed by atoms with Crippen molar-refractivity contribution in [1.82, 2.24) is 5.43 Å². The highest BCUT2D eigenvalue weighted by molar-refractivity contribution is 5.77. The third kappa shape index (κ3) is 13.6. The van der Waals surface area contributed by atoms with Crippen molar-refractivity contribution in [1.29, 1.82) is 0 Å². The number of hydrogen-bond acceptors (Lipinski definition) is 2. The highest BCUT2D eigenvalue weighted by Gasteiger charge is 2.05. The predicted molar refractivity (Wildman–Crippen MR) is 123 cm³/mol. The minimum atomic E-state index is 0.112. The van der Waals surface area contributed by atoms with E-state index < -0.39 is 0 Å². The Balaban J connectivity index is 1.83. The molecule has 160 valence electrons. The van der Waals surface area contributed by atoms with Gasteiger partial charge in [-0.1, -0.05) is 115 Å². The summed E-state index contributed by atoms with van der Waals surface area (Å²) in [5, 5.41) is 1.80. The Morgan fingerprint density at radius 3 is 1.61 bits per heavy atom. The van der Waals surface area contributed by atoms with Gasteiger partial charge in [-0.25, -0.2) is 0 Å². The molecule has 0 unspecified atom stereocenters. The Bertz CT molecular complexity index is 475. The lowest BCUT2D eigenvalue weighted by Gasteiger charge is -2.20. The van der Waals surface area contributed by atoms with Crippen LogP contribution in [-0.4, -0.2) is 13.0 Å². The van der Waals surface area contributed by atoms with Gasteiger partial charge >= 0.3 is 0 Å². The molecule has 1 rings (SSSR count). The number of carbonyl (C=O) groups excluding carboxylic acids is 1. The Morgan fingerprint density at radius 1 is 0.714 bits per heavy atom. The fourth-order valence-corrected chi connectivity index (χ4v) is 3.62. The highest BCUT2D eigenvalue weighted by Crippen LogP contribution is 2.14. The van der Waals surface area contributed by atoms with Gasteiger partial charge in [-0.15, -0.1) is 0 Å². The molecule has 0 aromatic heterocycles. The van der Waals surface area contributed by atoms with Gasteiger partial charge in [0.25, 0.3) is 0 Å². The summed E-state index contributed by atoms with van der Waals surface area (Å²) in [5.41, 5.74) is 3.95. The molecule has 0 aliphatic heterocycles. The maximum absolute atomic E-state index is 12.0. The summed E-state index contributed by atoms with van der Waals surface area (Å²) >= 11 is 0. The molecule has 0 aliphatic rings. The van der Waals surface area contributed by atoms with Crippen LogP contribution in [0.15, 0.2) is 30.3 Å². The first kappa shape index (κ1) is 24.5. The molecular weight excluding hydrogens is 344 g/mol. The highest BCUT2D eigenvalue weighted by atomic mass is 16.2. The van der Waals surface area contributed by atoms with Crippen LogP contribution in [0.5, 0.6) is 0 Å². The zero-order valence-electron chi connectivity index (χ0n) is 18.6. The minimum Gasteiger partial charge on any atom is -0.289 e. The average Bonchev–Trinajstić information content (AvgIpc) is 2.71. The van der Waals surface area contributed by atoms with Crippen molar-refractivity contribution in [3.63, 3.8) is 0 Å². The first-order valence-corrected chi connectivity index (χ1v) is 11.8. The monoisotopic (exact) mass is 388 g/mol. The number of rotatable bonds is 18. The predicted octanol–water partition coefficient (Wildman–Crippen LogP) is 7.42. The van der Waals surface area contributed by atoms with Crippen molar-refractivity contribution in [3.05, 3.63) is 30.3 Å². The standard InChI is InChI=1S/C25H44N2O/c1-3-4-5-6-7-8-9-10-11-12-13-14-15-16-20-23-25(28)26-27(2)24-21-18-17-19-22-24/h17-19,21-22H,3-16,20,23H2,1-2H3,(H,26,28). The first-order valence-electron chi connectivity index (χ1n) is 11.8. The molecule has 0 saturated carbocycles. The van der Waals surface area contributed by atoms with E-state index in [1.165, 1.54) is 89.9 Å². The molecule has 0 fully saturated rings. The van der Waals surface area contributed by atoms with Gasteiger partial charge < -0.3 is 0 Å². The van der Waals surface area contributed by atoms with Crippen molar-refractivity contribution in [2.45, 2.75) is 110 Å². The lowest BCUT2D eigenvalue weighted by molar-refractivity contribution is -0.121. The lowest BCUT2D eigenvalue weighted by atomic mass is 10.0. The van der Waals surface area contributed by atoms with E-state index in [-0.39, 0.29) is 5.91 Å². The van der Waals surface area contributed by atoms with Crippen molar-refractivity contribution in [2.75, 3.05) is 12.1 Å². The number of nitrogens with one attached hydrogen (secondary N) is 1. The summed E-state index contributed by atoms with van der Waals surface area (Å²) < 4.78 is 0. The van der Waals surface area contributed by atoms with Gasteiger partial charge in [-0.2, -0.15) is 0 Å². The van der Waals surface area contributed by atoms with Crippen LogP contribution in [0.4, 0.5) is 5.69 Å². The Kier molecular flexibility index (Phi) is 15.4. The SMILES string of the molecule is CCCCCCCCCCCCCCCCCC(=O)NN(C)c1ccccc1. The van der Waals surface area contributed by atoms with Crippen molar-refractivity contribution >= 4 is 11.6 Å². The largest absolute Gasteiger partial charge is 0.289 e. The van der Waals surface area contributed by atoms with Gasteiger partial charge in [0.1, 0.15) is 0 Å². The average molecular weight is 389 g/mol. The van der Waals surface area contributed by atoms with E-state index in [1.54, 1.807) is 5.01 Å². The fraction of sp³-hybridized carbons (Fsp3) is 0.720. The zero-order chi connectivity index (χ0) is 20.3.